The van der Waals surface area contributed by atoms with Crippen LogP contribution in [0.5, 0.6) is 0 Å². The van der Waals surface area contributed by atoms with Crippen molar-refractivity contribution in [1.82, 2.24) is 9.88 Å². The normalized spacial score (nSPS) is 22.8. The monoisotopic (exact) mass is 335 g/mol. The second-order valence-electron chi connectivity index (χ2n) is 7.45. The first-order chi connectivity index (χ1) is 12.1. The molecule has 130 valence electrons. The number of aromatic nitrogens is 1. The van der Waals surface area contributed by atoms with E-state index in [1.807, 2.05) is 23.2 Å². The molecule has 1 aromatic carbocycles. The summed E-state index contributed by atoms with van der Waals surface area (Å²) in [5.74, 6) is 0.645. The maximum atomic E-state index is 12.7. The van der Waals surface area contributed by atoms with Crippen molar-refractivity contribution < 1.29 is 4.79 Å². The molecule has 1 saturated heterocycles. The van der Waals surface area contributed by atoms with Crippen molar-refractivity contribution in [3.05, 3.63) is 53.9 Å². The first kappa shape index (κ1) is 16.1. The van der Waals surface area contributed by atoms with E-state index >= 15 is 0 Å². The summed E-state index contributed by atoms with van der Waals surface area (Å²) in [6.45, 7) is 6.14. The highest BCUT2D eigenvalue weighted by molar-refractivity contribution is 5.92. The van der Waals surface area contributed by atoms with Crippen LogP contribution < -0.4 is 4.90 Å². The molecule has 0 radical (unpaired) electrons. The van der Waals surface area contributed by atoms with Crippen LogP contribution in [0.2, 0.25) is 0 Å². The van der Waals surface area contributed by atoms with Crippen LogP contribution in [-0.4, -0.2) is 34.9 Å². The summed E-state index contributed by atoms with van der Waals surface area (Å²) < 4.78 is 0. The molecule has 2 aromatic rings. The number of likely N-dealkylation sites (tertiary alicyclic amines) is 1. The lowest BCUT2D eigenvalue weighted by Crippen LogP contribution is -2.39. The number of hydrogen-bond donors (Lipinski definition) is 0. The highest BCUT2D eigenvalue weighted by Gasteiger charge is 2.28. The molecule has 0 aliphatic carbocycles. The number of rotatable bonds is 2. The van der Waals surface area contributed by atoms with E-state index in [9.17, 15) is 4.79 Å². The van der Waals surface area contributed by atoms with Crippen molar-refractivity contribution in [2.75, 3.05) is 18.0 Å². The fraction of sp³-hybridized carbons (Fsp3) is 0.429. The molecule has 1 aromatic heterocycles. The SMILES string of the molecule is CC1CCCN(C(=O)c2ccc(N3c4ccccc4CC3C)cn2)C1. The number of carbonyl (C=O) groups is 1. The number of pyridine rings is 1. The van der Waals surface area contributed by atoms with Crippen LogP contribution in [0, 0.1) is 5.92 Å². The minimum absolute atomic E-state index is 0.0629. The van der Waals surface area contributed by atoms with E-state index in [2.05, 4.69) is 48.0 Å². The second kappa shape index (κ2) is 6.51. The fourth-order valence-electron chi connectivity index (χ4n) is 4.15. The van der Waals surface area contributed by atoms with Crippen molar-refractivity contribution in [2.24, 2.45) is 5.92 Å². The summed E-state index contributed by atoms with van der Waals surface area (Å²) in [7, 11) is 0. The van der Waals surface area contributed by atoms with Crippen molar-refractivity contribution >= 4 is 17.3 Å². The molecule has 2 unspecified atom stereocenters. The van der Waals surface area contributed by atoms with Gasteiger partial charge in [0.1, 0.15) is 5.69 Å². The van der Waals surface area contributed by atoms with Gasteiger partial charge >= 0.3 is 0 Å². The van der Waals surface area contributed by atoms with Crippen molar-refractivity contribution in [2.45, 2.75) is 39.2 Å². The van der Waals surface area contributed by atoms with Gasteiger partial charge in [-0.15, -0.1) is 0 Å². The molecule has 1 amide bonds. The Labute approximate surface area is 149 Å². The van der Waals surface area contributed by atoms with Crippen LogP contribution in [0.3, 0.4) is 0 Å². The predicted octanol–water partition coefficient (Wildman–Crippen LogP) is 4.04. The first-order valence-electron chi connectivity index (χ1n) is 9.26. The Balaban J connectivity index is 1.55. The Morgan fingerprint density at radius 3 is 2.76 bits per heavy atom. The Bertz CT molecular complexity index is 771. The lowest BCUT2D eigenvalue weighted by molar-refractivity contribution is 0.0677. The molecule has 2 aliphatic heterocycles. The Morgan fingerprint density at radius 1 is 1.16 bits per heavy atom. The van der Waals surface area contributed by atoms with E-state index in [1.54, 1.807) is 0 Å². The molecule has 1 fully saturated rings. The Kier molecular flexibility index (Phi) is 4.20. The summed E-state index contributed by atoms with van der Waals surface area (Å²) in [4.78, 5) is 21.5. The smallest absolute Gasteiger partial charge is 0.272 e. The third kappa shape index (κ3) is 3.01. The van der Waals surface area contributed by atoms with E-state index in [4.69, 9.17) is 0 Å². The van der Waals surface area contributed by atoms with Gasteiger partial charge in [0, 0.05) is 24.8 Å². The van der Waals surface area contributed by atoms with Crippen LogP contribution >= 0.6 is 0 Å². The average Bonchev–Trinajstić information content (AvgIpc) is 2.97. The molecule has 2 aliphatic rings. The van der Waals surface area contributed by atoms with Crippen LogP contribution in [0.1, 0.15) is 42.7 Å². The zero-order chi connectivity index (χ0) is 17.4. The standard InChI is InChI=1S/C21H25N3O/c1-15-6-5-11-23(14-15)21(25)19-10-9-18(13-22-19)24-16(2)12-17-7-3-4-8-20(17)24/h3-4,7-10,13,15-16H,5-6,11-12,14H2,1-2H3. The molecule has 0 saturated carbocycles. The van der Waals surface area contributed by atoms with E-state index in [-0.39, 0.29) is 5.91 Å². The van der Waals surface area contributed by atoms with E-state index in [0.717, 1.165) is 31.6 Å². The summed E-state index contributed by atoms with van der Waals surface area (Å²) in [5, 5.41) is 0. The largest absolute Gasteiger partial charge is 0.337 e. The predicted molar refractivity (Wildman–Crippen MR) is 100 cm³/mol. The van der Waals surface area contributed by atoms with Gasteiger partial charge in [0.25, 0.3) is 5.91 Å². The van der Waals surface area contributed by atoms with Gasteiger partial charge in [-0.2, -0.15) is 0 Å². The number of hydrogen-bond acceptors (Lipinski definition) is 3. The van der Waals surface area contributed by atoms with E-state index in [1.165, 1.54) is 17.7 Å². The van der Waals surface area contributed by atoms with Gasteiger partial charge in [0.05, 0.1) is 11.9 Å². The Morgan fingerprint density at radius 2 is 2.00 bits per heavy atom. The third-order valence-electron chi connectivity index (χ3n) is 5.40. The summed E-state index contributed by atoms with van der Waals surface area (Å²) in [6.07, 6.45) is 5.19. The number of anilines is 2. The quantitative estimate of drug-likeness (QED) is 0.831. The summed E-state index contributed by atoms with van der Waals surface area (Å²) in [6, 6.07) is 12.8. The van der Waals surface area contributed by atoms with Crippen molar-refractivity contribution in [1.29, 1.82) is 0 Å². The van der Waals surface area contributed by atoms with Crippen LogP contribution in [0.15, 0.2) is 42.6 Å². The first-order valence-corrected chi connectivity index (χ1v) is 9.26. The lowest BCUT2D eigenvalue weighted by atomic mass is 10.00. The fourth-order valence-corrected chi connectivity index (χ4v) is 4.15. The highest BCUT2D eigenvalue weighted by atomic mass is 16.2. The minimum Gasteiger partial charge on any atom is -0.337 e. The summed E-state index contributed by atoms with van der Waals surface area (Å²) >= 11 is 0. The zero-order valence-corrected chi connectivity index (χ0v) is 15.0. The third-order valence-corrected chi connectivity index (χ3v) is 5.40. The molecule has 25 heavy (non-hydrogen) atoms. The average molecular weight is 335 g/mol. The molecule has 3 heterocycles. The van der Waals surface area contributed by atoms with Gasteiger partial charge in [0.2, 0.25) is 0 Å². The van der Waals surface area contributed by atoms with Crippen molar-refractivity contribution in [3.63, 3.8) is 0 Å². The van der Waals surface area contributed by atoms with Crippen LogP contribution in [0.25, 0.3) is 0 Å². The van der Waals surface area contributed by atoms with Gasteiger partial charge in [-0.05, 0) is 55.9 Å². The maximum Gasteiger partial charge on any atom is 0.272 e. The number of piperidine rings is 1. The number of amides is 1. The highest BCUT2D eigenvalue weighted by Crippen LogP contribution is 2.37. The molecule has 4 heteroatoms. The molecular formula is C21H25N3O. The van der Waals surface area contributed by atoms with Crippen LogP contribution in [0.4, 0.5) is 11.4 Å². The van der Waals surface area contributed by atoms with Gasteiger partial charge in [-0.1, -0.05) is 25.1 Å². The number of fused-ring (bicyclic) bond motifs is 1. The zero-order valence-electron chi connectivity index (χ0n) is 15.0. The van der Waals surface area contributed by atoms with Gasteiger partial charge < -0.3 is 9.80 Å². The molecule has 4 nitrogen and oxygen atoms in total. The van der Waals surface area contributed by atoms with E-state index in [0.29, 0.717) is 17.7 Å². The Hall–Kier alpha value is -2.36. The number of nitrogens with zero attached hydrogens (tertiary/aromatic N) is 3. The number of benzene rings is 1. The second-order valence-corrected chi connectivity index (χ2v) is 7.45. The van der Waals surface area contributed by atoms with Gasteiger partial charge in [-0.25, -0.2) is 4.98 Å². The maximum absolute atomic E-state index is 12.7. The minimum atomic E-state index is 0.0629. The number of carbonyl (C=O) groups excluding carboxylic acids is 1. The topological polar surface area (TPSA) is 36.4 Å². The molecule has 4 rings (SSSR count). The van der Waals surface area contributed by atoms with Gasteiger partial charge in [0.15, 0.2) is 0 Å². The summed E-state index contributed by atoms with van der Waals surface area (Å²) in [5.41, 5.74) is 4.23. The molecule has 0 bridgehead atoms. The van der Waals surface area contributed by atoms with Gasteiger partial charge in [-0.3, -0.25) is 4.79 Å². The lowest BCUT2D eigenvalue weighted by Gasteiger charge is -2.30. The van der Waals surface area contributed by atoms with E-state index < -0.39 is 0 Å². The molecular weight excluding hydrogens is 310 g/mol. The molecule has 0 N–H and O–H groups in total. The molecule has 2 atom stereocenters. The molecule has 0 spiro atoms. The van der Waals surface area contributed by atoms with Crippen LogP contribution in [-0.2, 0) is 6.42 Å². The van der Waals surface area contributed by atoms with Crippen molar-refractivity contribution in [3.8, 4) is 0 Å². The number of para-hydroxylation sites is 1.